The van der Waals surface area contributed by atoms with E-state index in [0.29, 0.717) is 10.8 Å². The molecule has 0 aromatic carbocycles. The number of rotatable bonds is 2. The van der Waals surface area contributed by atoms with Crippen LogP contribution in [0.2, 0.25) is 0 Å². The summed E-state index contributed by atoms with van der Waals surface area (Å²) in [6.07, 6.45) is 17.6. The maximum atomic E-state index is 2.71. The molecule has 0 aromatic rings. The highest BCUT2D eigenvalue weighted by Gasteiger charge is 2.59. The zero-order chi connectivity index (χ0) is 16.2. The van der Waals surface area contributed by atoms with E-state index in [4.69, 9.17) is 0 Å². The third-order valence-corrected chi connectivity index (χ3v) is 9.81. The van der Waals surface area contributed by atoms with Gasteiger partial charge in [0.2, 0.25) is 0 Å². The smallest absolute Gasteiger partial charge is 0.0264 e. The summed E-state index contributed by atoms with van der Waals surface area (Å²) in [7, 11) is 0. The van der Waals surface area contributed by atoms with Crippen LogP contribution in [0.25, 0.3) is 0 Å². The van der Waals surface area contributed by atoms with Gasteiger partial charge in [0.05, 0.1) is 0 Å². The van der Waals surface area contributed by atoms with Crippen molar-refractivity contribution in [1.29, 1.82) is 0 Å². The van der Waals surface area contributed by atoms with Crippen LogP contribution in [-0.2, 0) is 0 Å². The lowest BCUT2D eigenvalue weighted by Crippen LogP contribution is -2.53. The Morgan fingerprint density at radius 2 is 1.74 bits per heavy atom. The number of hydrogen-bond donors (Lipinski definition) is 0. The fourth-order valence-electron chi connectivity index (χ4n) is 8.30. The molecule has 1 radical (unpaired) electrons. The normalized spacial score (nSPS) is 54.0. The Kier molecular flexibility index (Phi) is 4.13. The molecule has 4 fully saturated rings. The molecule has 0 aliphatic heterocycles. The lowest BCUT2D eigenvalue weighted by atomic mass is 9.44. The molecular weight excluding hydrogens is 276 g/mol. The first-order chi connectivity index (χ1) is 11.0. The van der Waals surface area contributed by atoms with Gasteiger partial charge in [-0.1, -0.05) is 34.1 Å². The molecule has 4 rings (SSSR count). The van der Waals surface area contributed by atoms with Crippen LogP contribution < -0.4 is 0 Å². The Bertz CT molecular complexity index is 439. The third kappa shape index (κ3) is 2.29. The van der Waals surface area contributed by atoms with E-state index in [9.17, 15) is 0 Å². The van der Waals surface area contributed by atoms with E-state index >= 15 is 0 Å². The molecule has 0 heteroatoms. The summed E-state index contributed by atoms with van der Waals surface area (Å²) >= 11 is 0. The standard InChI is InChI=1S/C23H39/c1-5-16(2)19-11-12-20-18-10-9-17-8-6-7-14-22(17,3)21(18)13-15-23(19,20)4/h6,16-21H,5,7-15H2,1-4H3/t16-,17+,18+,19-,20+,21+,22+,23-/m1/s1. The summed E-state index contributed by atoms with van der Waals surface area (Å²) in [4.78, 5) is 0. The maximum Gasteiger partial charge on any atom is -0.0264 e. The van der Waals surface area contributed by atoms with E-state index < -0.39 is 0 Å². The first-order valence-corrected chi connectivity index (χ1v) is 10.8. The van der Waals surface area contributed by atoms with Gasteiger partial charge >= 0.3 is 0 Å². The minimum Gasteiger partial charge on any atom is -0.0651 e. The molecule has 131 valence electrons. The zero-order valence-electron chi connectivity index (χ0n) is 16.1. The van der Waals surface area contributed by atoms with Crippen LogP contribution in [0.4, 0.5) is 0 Å². The maximum absolute atomic E-state index is 2.71. The molecule has 4 aliphatic rings. The predicted molar refractivity (Wildman–Crippen MR) is 99.0 cm³/mol. The van der Waals surface area contributed by atoms with Gasteiger partial charge in [0.1, 0.15) is 0 Å². The van der Waals surface area contributed by atoms with Crippen LogP contribution in [0.1, 0.15) is 91.9 Å². The van der Waals surface area contributed by atoms with Gasteiger partial charge in [-0.15, -0.1) is 0 Å². The van der Waals surface area contributed by atoms with E-state index in [-0.39, 0.29) is 0 Å². The largest absolute Gasteiger partial charge is 0.0651 e. The highest BCUT2D eigenvalue weighted by molar-refractivity contribution is 5.10. The van der Waals surface area contributed by atoms with E-state index in [1.54, 1.807) is 25.7 Å². The van der Waals surface area contributed by atoms with Gasteiger partial charge in [0, 0.05) is 0 Å². The first-order valence-electron chi connectivity index (χ1n) is 10.8. The van der Waals surface area contributed by atoms with Gasteiger partial charge in [-0.2, -0.15) is 0 Å². The van der Waals surface area contributed by atoms with E-state index in [1.807, 2.05) is 0 Å². The van der Waals surface area contributed by atoms with Crippen LogP contribution in [0.5, 0.6) is 0 Å². The third-order valence-electron chi connectivity index (χ3n) is 9.81. The van der Waals surface area contributed by atoms with Gasteiger partial charge in [-0.05, 0) is 111 Å². The summed E-state index contributed by atoms with van der Waals surface area (Å²) in [5.74, 6) is 6.17. The van der Waals surface area contributed by atoms with Gasteiger partial charge in [-0.25, -0.2) is 0 Å². The van der Waals surface area contributed by atoms with Crippen LogP contribution in [0.15, 0.2) is 0 Å². The zero-order valence-corrected chi connectivity index (χ0v) is 16.1. The van der Waals surface area contributed by atoms with Crippen molar-refractivity contribution in [3.63, 3.8) is 0 Å². The molecule has 23 heavy (non-hydrogen) atoms. The van der Waals surface area contributed by atoms with Crippen molar-refractivity contribution in [2.75, 3.05) is 0 Å². The second-order valence-corrected chi connectivity index (χ2v) is 10.3. The number of fused-ring (bicyclic) bond motifs is 5. The quantitative estimate of drug-likeness (QED) is 0.520. The van der Waals surface area contributed by atoms with Crippen molar-refractivity contribution >= 4 is 0 Å². The van der Waals surface area contributed by atoms with Crippen LogP contribution >= 0.6 is 0 Å². The Morgan fingerprint density at radius 3 is 2.52 bits per heavy atom. The topological polar surface area (TPSA) is 0 Å². The fourth-order valence-corrected chi connectivity index (χ4v) is 8.30. The second kappa shape index (κ2) is 5.77. The molecule has 0 spiro atoms. The molecule has 8 atom stereocenters. The molecule has 0 saturated heterocycles. The second-order valence-electron chi connectivity index (χ2n) is 10.3. The van der Waals surface area contributed by atoms with E-state index in [0.717, 1.165) is 35.5 Å². The molecule has 0 aromatic heterocycles. The first kappa shape index (κ1) is 16.5. The SMILES string of the molecule is CC[C@@H](C)[C@H]1CC[C@H]2[C@@H]3CC[C@@H]4C[CH]CC[C@]4(C)[C@H]3CC[C@]12C. The van der Waals surface area contributed by atoms with Crippen molar-refractivity contribution in [2.24, 2.45) is 46.3 Å². The monoisotopic (exact) mass is 315 g/mol. The summed E-state index contributed by atoms with van der Waals surface area (Å²) in [6.45, 7) is 10.4. The van der Waals surface area contributed by atoms with Crippen LogP contribution in [-0.4, -0.2) is 0 Å². The van der Waals surface area contributed by atoms with Crippen LogP contribution in [0, 0.1) is 52.8 Å². The molecule has 4 saturated carbocycles. The van der Waals surface area contributed by atoms with Crippen molar-refractivity contribution < 1.29 is 0 Å². The van der Waals surface area contributed by atoms with E-state index in [1.165, 1.54) is 38.5 Å². The molecule has 0 amide bonds. The summed E-state index contributed by atoms with van der Waals surface area (Å²) in [5.41, 5.74) is 1.37. The van der Waals surface area contributed by atoms with Crippen LogP contribution in [0.3, 0.4) is 0 Å². The molecule has 0 unspecified atom stereocenters. The average molecular weight is 316 g/mol. The molecule has 0 heterocycles. The highest BCUT2D eigenvalue weighted by atomic mass is 14.6. The summed E-state index contributed by atoms with van der Waals surface area (Å²) < 4.78 is 0. The molecule has 0 bridgehead atoms. The predicted octanol–water partition coefficient (Wildman–Crippen LogP) is 6.90. The highest BCUT2D eigenvalue weighted by Crippen LogP contribution is 2.68. The Hall–Kier alpha value is 0. The van der Waals surface area contributed by atoms with Gasteiger partial charge in [-0.3, -0.25) is 0 Å². The minimum atomic E-state index is 0.681. The molecule has 0 nitrogen and oxygen atoms in total. The lowest BCUT2D eigenvalue weighted by molar-refractivity contribution is -0.109. The van der Waals surface area contributed by atoms with Crippen molar-refractivity contribution in [2.45, 2.75) is 91.9 Å². The molecular formula is C23H39. The van der Waals surface area contributed by atoms with Crippen molar-refractivity contribution in [1.82, 2.24) is 0 Å². The lowest BCUT2D eigenvalue weighted by Gasteiger charge is -2.60. The van der Waals surface area contributed by atoms with E-state index in [2.05, 4.69) is 34.1 Å². The Morgan fingerprint density at radius 1 is 0.957 bits per heavy atom. The summed E-state index contributed by atoms with van der Waals surface area (Å²) in [6, 6.07) is 0. The van der Waals surface area contributed by atoms with Gasteiger partial charge in [0.25, 0.3) is 0 Å². The van der Waals surface area contributed by atoms with Crippen molar-refractivity contribution in [3.8, 4) is 0 Å². The van der Waals surface area contributed by atoms with Gasteiger partial charge < -0.3 is 0 Å². The minimum absolute atomic E-state index is 0.681. The van der Waals surface area contributed by atoms with Crippen molar-refractivity contribution in [3.05, 3.63) is 6.42 Å². The Labute approximate surface area is 145 Å². The summed E-state index contributed by atoms with van der Waals surface area (Å²) in [5, 5.41) is 0. The molecule has 0 N–H and O–H groups in total. The molecule has 4 aliphatic carbocycles. The number of hydrogen-bond acceptors (Lipinski definition) is 0. The van der Waals surface area contributed by atoms with Gasteiger partial charge in [0.15, 0.2) is 0 Å². The Balaban J connectivity index is 1.60. The average Bonchev–Trinajstić information content (AvgIpc) is 2.91. The fraction of sp³-hybridized carbons (Fsp3) is 0.957.